The van der Waals surface area contributed by atoms with E-state index < -0.39 is 6.10 Å². The predicted molar refractivity (Wildman–Crippen MR) is 307 cm³/mol. The summed E-state index contributed by atoms with van der Waals surface area (Å²) in [6.45, 7) is 6.68. The summed E-state index contributed by atoms with van der Waals surface area (Å²) < 4.78 is 16.9. The Bertz CT molecular complexity index is 1150. The van der Waals surface area contributed by atoms with Gasteiger partial charge >= 0.3 is 17.9 Å². The van der Waals surface area contributed by atoms with Crippen LogP contribution >= 0.6 is 0 Å². The van der Waals surface area contributed by atoms with E-state index in [1.165, 1.54) is 238 Å². The molecule has 418 valence electrons. The number of carbonyl (C=O) groups excluding carboxylic acids is 3. The van der Waals surface area contributed by atoms with E-state index in [4.69, 9.17) is 14.2 Å². The minimum absolute atomic E-state index is 0.0711. The van der Waals surface area contributed by atoms with Crippen molar-refractivity contribution in [1.82, 2.24) is 0 Å². The van der Waals surface area contributed by atoms with Crippen LogP contribution in [0.2, 0.25) is 0 Å². The highest BCUT2D eigenvalue weighted by Crippen LogP contribution is 2.18. The van der Waals surface area contributed by atoms with E-state index in [2.05, 4.69) is 45.1 Å². The quantitative estimate of drug-likeness (QED) is 0.0261. The van der Waals surface area contributed by atoms with Crippen LogP contribution < -0.4 is 0 Å². The molecule has 0 aliphatic heterocycles. The van der Waals surface area contributed by atoms with Crippen LogP contribution in [-0.4, -0.2) is 37.2 Å². The lowest BCUT2D eigenvalue weighted by molar-refractivity contribution is -0.167. The van der Waals surface area contributed by atoms with Gasteiger partial charge in [0.15, 0.2) is 6.10 Å². The molecule has 0 amide bonds. The molecule has 0 bridgehead atoms. The minimum Gasteiger partial charge on any atom is -0.462 e. The Hall–Kier alpha value is -2.11. The first-order chi connectivity index (χ1) is 35.0. The number of ether oxygens (including phenoxy) is 3. The summed E-state index contributed by atoms with van der Waals surface area (Å²) in [5.41, 5.74) is 0. The number of allylic oxidation sites excluding steroid dienone is 4. The average molecular weight is 1000 g/mol. The molecule has 0 fully saturated rings. The molecular weight excluding hydrogens is 877 g/mol. The molecule has 0 aromatic heterocycles. The third-order valence-electron chi connectivity index (χ3n) is 14.5. The lowest BCUT2D eigenvalue weighted by Gasteiger charge is -2.18. The average Bonchev–Trinajstić information content (AvgIpc) is 3.37. The fourth-order valence-corrected chi connectivity index (χ4v) is 9.65. The molecule has 0 spiro atoms. The predicted octanol–water partition coefficient (Wildman–Crippen LogP) is 21.4. The molecule has 0 radical (unpaired) electrons. The van der Waals surface area contributed by atoms with Crippen molar-refractivity contribution < 1.29 is 28.6 Å². The van der Waals surface area contributed by atoms with Crippen LogP contribution in [0.1, 0.15) is 355 Å². The van der Waals surface area contributed by atoms with Gasteiger partial charge in [-0.1, -0.05) is 308 Å². The van der Waals surface area contributed by atoms with Gasteiger partial charge in [0.2, 0.25) is 0 Å². The Morgan fingerprint density at radius 1 is 0.282 bits per heavy atom. The molecule has 0 saturated carbocycles. The van der Waals surface area contributed by atoms with Gasteiger partial charge in [0.25, 0.3) is 0 Å². The summed E-state index contributed by atoms with van der Waals surface area (Å²) in [5.74, 6) is -0.858. The zero-order valence-corrected chi connectivity index (χ0v) is 48.0. The van der Waals surface area contributed by atoms with Gasteiger partial charge in [0, 0.05) is 19.3 Å². The van der Waals surface area contributed by atoms with Crippen LogP contribution in [0.3, 0.4) is 0 Å². The van der Waals surface area contributed by atoms with Crippen molar-refractivity contribution in [2.24, 2.45) is 0 Å². The van der Waals surface area contributed by atoms with Crippen molar-refractivity contribution in [1.29, 1.82) is 0 Å². The summed E-state index contributed by atoms with van der Waals surface area (Å²) in [4.78, 5) is 38.3. The maximum absolute atomic E-state index is 12.9. The van der Waals surface area contributed by atoms with Gasteiger partial charge in [-0.05, 0) is 51.4 Å². The molecule has 0 aromatic carbocycles. The van der Waals surface area contributed by atoms with Gasteiger partial charge in [-0.15, -0.1) is 0 Å². The fraction of sp³-hybridized carbons (Fsp3) is 0.892. The summed E-state index contributed by atoms with van der Waals surface area (Å²) in [5, 5.41) is 0. The third kappa shape index (κ3) is 58.7. The highest BCUT2D eigenvalue weighted by molar-refractivity contribution is 5.71. The smallest absolute Gasteiger partial charge is 0.306 e. The SMILES string of the molecule is CCCCCC/C=C\C/C=C\CCCCCCCC(=O)OC(COC(=O)CCCCCCCCCCCCCCCC)COC(=O)CCCCCCCCCCCCCCCCCCCCCCCCC. The van der Waals surface area contributed by atoms with E-state index in [1.54, 1.807) is 0 Å². The third-order valence-corrected chi connectivity index (χ3v) is 14.5. The first kappa shape index (κ1) is 68.9. The van der Waals surface area contributed by atoms with Crippen LogP contribution in [0.4, 0.5) is 0 Å². The normalized spacial score (nSPS) is 12.1. The molecular formula is C65H122O6. The van der Waals surface area contributed by atoms with Gasteiger partial charge in [0.05, 0.1) is 0 Å². The fourth-order valence-electron chi connectivity index (χ4n) is 9.65. The maximum atomic E-state index is 12.9. The molecule has 1 atom stereocenters. The lowest BCUT2D eigenvalue weighted by atomic mass is 10.0. The Morgan fingerprint density at radius 3 is 0.789 bits per heavy atom. The number of hydrogen-bond acceptors (Lipinski definition) is 6. The largest absolute Gasteiger partial charge is 0.462 e. The second kappa shape index (κ2) is 60.4. The summed E-state index contributed by atoms with van der Waals surface area (Å²) >= 11 is 0. The van der Waals surface area contributed by atoms with E-state index in [0.29, 0.717) is 19.3 Å². The molecule has 0 aromatic rings. The van der Waals surface area contributed by atoms with Crippen LogP contribution in [0.5, 0.6) is 0 Å². The molecule has 0 rings (SSSR count). The molecule has 0 saturated heterocycles. The Balaban J connectivity index is 4.26. The number of unbranched alkanes of at least 4 members (excludes halogenated alkanes) is 44. The summed E-state index contributed by atoms with van der Waals surface area (Å²) in [6, 6.07) is 0. The van der Waals surface area contributed by atoms with E-state index >= 15 is 0 Å². The second-order valence-electron chi connectivity index (χ2n) is 21.7. The molecule has 0 heterocycles. The van der Waals surface area contributed by atoms with E-state index in [0.717, 1.165) is 77.0 Å². The first-order valence-electron chi connectivity index (χ1n) is 31.8. The maximum Gasteiger partial charge on any atom is 0.306 e. The number of rotatable bonds is 59. The van der Waals surface area contributed by atoms with Gasteiger partial charge < -0.3 is 14.2 Å². The number of esters is 3. The molecule has 1 unspecified atom stereocenters. The molecule has 6 nitrogen and oxygen atoms in total. The molecule has 0 aliphatic rings. The monoisotopic (exact) mass is 999 g/mol. The molecule has 0 aliphatic carbocycles. The van der Waals surface area contributed by atoms with E-state index in [-0.39, 0.29) is 31.1 Å². The number of carbonyl (C=O) groups is 3. The van der Waals surface area contributed by atoms with Gasteiger partial charge in [-0.25, -0.2) is 0 Å². The van der Waals surface area contributed by atoms with Crippen LogP contribution in [0, 0.1) is 0 Å². The highest BCUT2D eigenvalue weighted by atomic mass is 16.6. The topological polar surface area (TPSA) is 78.9 Å². The molecule has 71 heavy (non-hydrogen) atoms. The van der Waals surface area contributed by atoms with E-state index in [1.807, 2.05) is 0 Å². The van der Waals surface area contributed by atoms with Crippen LogP contribution in [-0.2, 0) is 28.6 Å². The minimum atomic E-state index is -0.774. The van der Waals surface area contributed by atoms with Crippen LogP contribution in [0.25, 0.3) is 0 Å². The van der Waals surface area contributed by atoms with E-state index in [9.17, 15) is 14.4 Å². The molecule has 0 N–H and O–H groups in total. The summed E-state index contributed by atoms with van der Waals surface area (Å²) in [7, 11) is 0. The van der Waals surface area contributed by atoms with Crippen molar-refractivity contribution in [2.75, 3.05) is 13.2 Å². The Kier molecular flexibility index (Phi) is 58.6. The Labute approximate surface area is 443 Å². The van der Waals surface area contributed by atoms with Gasteiger partial charge in [-0.3, -0.25) is 14.4 Å². The van der Waals surface area contributed by atoms with Gasteiger partial charge in [-0.2, -0.15) is 0 Å². The van der Waals surface area contributed by atoms with Crippen molar-refractivity contribution in [3.63, 3.8) is 0 Å². The second-order valence-corrected chi connectivity index (χ2v) is 21.7. The van der Waals surface area contributed by atoms with Gasteiger partial charge in [0.1, 0.15) is 13.2 Å². The van der Waals surface area contributed by atoms with Crippen molar-refractivity contribution in [2.45, 2.75) is 361 Å². The van der Waals surface area contributed by atoms with Crippen molar-refractivity contribution in [3.05, 3.63) is 24.3 Å². The van der Waals surface area contributed by atoms with Crippen molar-refractivity contribution in [3.8, 4) is 0 Å². The zero-order valence-electron chi connectivity index (χ0n) is 48.0. The lowest BCUT2D eigenvalue weighted by Crippen LogP contribution is -2.30. The first-order valence-corrected chi connectivity index (χ1v) is 31.8. The molecule has 6 heteroatoms. The summed E-state index contributed by atoms with van der Waals surface area (Å²) in [6.07, 6.45) is 71.8. The standard InChI is InChI=1S/C65H122O6/c1-4-7-10-13-16-19-22-25-28-30-31-32-33-34-35-36-38-40-43-46-49-52-55-58-64(67)70-61-62(60-69-63(66)57-54-51-48-45-42-39-27-24-21-18-15-12-9-6-3)71-65(68)59-56-53-50-47-44-41-37-29-26-23-20-17-14-11-8-5-2/h20,23,29,37,62H,4-19,21-22,24-28,30-36,38-61H2,1-3H3/b23-20-,37-29-. The number of hydrogen-bond donors (Lipinski definition) is 0. The Morgan fingerprint density at radius 2 is 0.507 bits per heavy atom. The van der Waals surface area contributed by atoms with Crippen molar-refractivity contribution >= 4 is 17.9 Å². The highest BCUT2D eigenvalue weighted by Gasteiger charge is 2.19. The van der Waals surface area contributed by atoms with Crippen LogP contribution in [0.15, 0.2) is 24.3 Å². The zero-order chi connectivity index (χ0) is 51.4.